The molecule has 0 aromatic heterocycles. The molecule has 2 aromatic carbocycles. The molecule has 2 rings (SSSR count). The summed E-state index contributed by atoms with van der Waals surface area (Å²) in [5, 5.41) is 6.20. The van der Waals surface area contributed by atoms with E-state index in [0.29, 0.717) is 17.9 Å². The van der Waals surface area contributed by atoms with Crippen molar-refractivity contribution in [2.24, 2.45) is 0 Å². The molecular weight excluding hydrogens is 280 g/mol. The van der Waals surface area contributed by atoms with E-state index >= 15 is 0 Å². The van der Waals surface area contributed by atoms with Crippen molar-refractivity contribution in [3.05, 3.63) is 59.2 Å². The summed E-state index contributed by atoms with van der Waals surface area (Å²) in [4.78, 5) is 12.2. The minimum absolute atomic E-state index is 0.0857. The summed E-state index contributed by atoms with van der Waals surface area (Å²) in [5.74, 6) is 0.538. The average Bonchev–Trinajstić information content (AvgIpc) is 2.50. The Morgan fingerprint density at radius 2 is 1.76 bits per heavy atom. The molecule has 0 saturated heterocycles. The quantitative estimate of drug-likeness (QED) is 0.737. The van der Waals surface area contributed by atoms with Crippen LogP contribution in [-0.4, -0.2) is 18.2 Å². The molecule has 0 atom stereocenters. The zero-order valence-corrected chi connectivity index (χ0v) is 13.2. The number of nitrogens with one attached hydrogen (secondary N) is 2. The summed E-state index contributed by atoms with van der Waals surface area (Å²) in [6.07, 6.45) is 0. The van der Waals surface area contributed by atoms with Crippen LogP contribution in [0.2, 0.25) is 0 Å². The molecule has 0 spiro atoms. The number of amides is 1. The van der Waals surface area contributed by atoms with Crippen molar-refractivity contribution in [2.75, 3.05) is 17.6 Å². The highest BCUT2D eigenvalue weighted by Gasteiger charge is 2.11. The van der Waals surface area contributed by atoms with Crippen LogP contribution >= 0.6 is 12.6 Å². The van der Waals surface area contributed by atoms with E-state index in [1.807, 2.05) is 36.4 Å². The van der Waals surface area contributed by atoms with Gasteiger partial charge in [-0.25, -0.2) is 0 Å². The number of para-hydroxylation sites is 1. The van der Waals surface area contributed by atoms with Gasteiger partial charge in [-0.15, -0.1) is 0 Å². The predicted molar refractivity (Wildman–Crippen MR) is 91.8 cm³/mol. The van der Waals surface area contributed by atoms with Gasteiger partial charge >= 0.3 is 0 Å². The molecule has 0 radical (unpaired) electrons. The molecule has 0 aliphatic rings. The first-order valence-corrected chi connectivity index (χ1v) is 7.58. The Morgan fingerprint density at radius 3 is 2.52 bits per heavy atom. The molecule has 2 N–H and O–H groups in total. The van der Waals surface area contributed by atoms with Gasteiger partial charge in [-0.3, -0.25) is 4.79 Å². The van der Waals surface area contributed by atoms with Crippen molar-refractivity contribution in [3.63, 3.8) is 0 Å². The molecule has 110 valence electrons. The van der Waals surface area contributed by atoms with Gasteiger partial charge in [0.25, 0.3) is 5.91 Å². The molecule has 0 aliphatic carbocycles. The Morgan fingerprint density at radius 1 is 1.05 bits per heavy atom. The first-order valence-electron chi connectivity index (χ1n) is 6.95. The van der Waals surface area contributed by atoms with Crippen LogP contribution in [0, 0.1) is 13.8 Å². The lowest BCUT2D eigenvalue weighted by Crippen LogP contribution is -2.26. The molecule has 0 unspecified atom stereocenters. The summed E-state index contributed by atoms with van der Waals surface area (Å²) in [5.41, 5.74) is 4.87. The van der Waals surface area contributed by atoms with Crippen LogP contribution in [0.25, 0.3) is 0 Å². The molecule has 4 heteroatoms. The number of carbonyl (C=O) groups excluding carboxylic acids is 1. The van der Waals surface area contributed by atoms with Crippen molar-refractivity contribution in [2.45, 2.75) is 13.8 Å². The predicted octanol–water partition coefficient (Wildman–Crippen LogP) is 3.71. The van der Waals surface area contributed by atoms with Gasteiger partial charge in [0.2, 0.25) is 0 Å². The van der Waals surface area contributed by atoms with Crippen LogP contribution in [0.1, 0.15) is 21.5 Å². The van der Waals surface area contributed by atoms with E-state index in [1.54, 1.807) is 0 Å². The van der Waals surface area contributed by atoms with Gasteiger partial charge < -0.3 is 10.6 Å². The number of carbonyl (C=O) groups is 1. The third-order valence-electron chi connectivity index (χ3n) is 3.44. The van der Waals surface area contributed by atoms with Crippen LogP contribution in [0.15, 0.2) is 42.5 Å². The van der Waals surface area contributed by atoms with E-state index in [1.165, 1.54) is 11.1 Å². The molecular formula is C17H20N2OS. The van der Waals surface area contributed by atoms with Crippen LogP contribution in [0.4, 0.5) is 11.4 Å². The smallest absolute Gasteiger partial charge is 0.253 e. The maximum absolute atomic E-state index is 12.2. The Kier molecular flexibility index (Phi) is 5.28. The van der Waals surface area contributed by atoms with Crippen molar-refractivity contribution < 1.29 is 4.79 Å². The molecule has 1 amide bonds. The Bertz CT molecular complexity index is 640. The molecule has 0 aliphatic heterocycles. The second kappa shape index (κ2) is 7.18. The van der Waals surface area contributed by atoms with Gasteiger partial charge in [0.1, 0.15) is 0 Å². The van der Waals surface area contributed by atoms with Crippen LogP contribution < -0.4 is 10.6 Å². The second-order valence-electron chi connectivity index (χ2n) is 4.90. The van der Waals surface area contributed by atoms with Crippen LogP contribution in [0.5, 0.6) is 0 Å². The fraction of sp³-hybridized carbons (Fsp3) is 0.235. The van der Waals surface area contributed by atoms with Gasteiger partial charge in [-0.05, 0) is 43.2 Å². The molecule has 0 heterocycles. The number of aryl methyl sites for hydroxylation is 1. The van der Waals surface area contributed by atoms with Gasteiger partial charge in [-0.2, -0.15) is 12.6 Å². The average molecular weight is 300 g/mol. The van der Waals surface area contributed by atoms with E-state index in [-0.39, 0.29) is 5.91 Å². The van der Waals surface area contributed by atoms with Gasteiger partial charge in [0, 0.05) is 18.0 Å². The van der Waals surface area contributed by atoms with Crippen molar-refractivity contribution in [1.82, 2.24) is 5.32 Å². The van der Waals surface area contributed by atoms with Gasteiger partial charge in [0.15, 0.2) is 0 Å². The molecule has 0 fully saturated rings. The maximum Gasteiger partial charge on any atom is 0.253 e. The molecule has 0 bridgehead atoms. The molecule has 21 heavy (non-hydrogen) atoms. The van der Waals surface area contributed by atoms with Crippen LogP contribution in [-0.2, 0) is 0 Å². The largest absolute Gasteiger partial charge is 0.355 e. The van der Waals surface area contributed by atoms with E-state index in [9.17, 15) is 4.79 Å². The lowest BCUT2D eigenvalue weighted by atomic mass is 10.1. The highest BCUT2D eigenvalue weighted by molar-refractivity contribution is 7.80. The number of anilines is 2. The van der Waals surface area contributed by atoms with Crippen molar-refractivity contribution in [3.8, 4) is 0 Å². The van der Waals surface area contributed by atoms with E-state index in [2.05, 4.69) is 43.2 Å². The minimum Gasteiger partial charge on any atom is -0.355 e. The fourth-order valence-electron chi connectivity index (χ4n) is 2.09. The van der Waals surface area contributed by atoms with Crippen molar-refractivity contribution in [1.29, 1.82) is 0 Å². The number of hydrogen-bond acceptors (Lipinski definition) is 3. The highest BCUT2D eigenvalue weighted by Crippen LogP contribution is 2.25. The summed E-state index contributed by atoms with van der Waals surface area (Å²) in [7, 11) is 0. The number of hydrogen-bond donors (Lipinski definition) is 3. The standard InChI is InChI=1S/C17H20N2OS/c1-12-6-5-9-15(13(12)2)19-16-8-4-3-7-14(16)17(20)18-10-11-21/h3-9,19,21H,10-11H2,1-2H3,(H,18,20). The number of thiol groups is 1. The third kappa shape index (κ3) is 3.79. The topological polar surface area (TPSA) is 41.1 Å². The SMILES string of the molecule is Cc1cccc(Nc2ccccc2C(=O)NCCS)c1C. The molecule has 2 aromatic rings. The van der Waals surface area contributed by atoms with Gasteiger partial charge in [0.05, 0.1) is 11.3 Å². The van der Waals surface area contributed by atoms with Crippen LogP contribution in [0.3, 0.4) is 0 Å². The monoisotopic (exact) mass is 300 g/mol. The normalized spacial score (nSPS) is 10.2. The first kappa shape index (κ1) is 15.4. The second-order valence-corrected chi connectivity index (χ2v) is 5.34. The highest BCUT2D eigenvalue weighted by atomic mass is 32.1. The fourth-order valence-corrected chi connectivity index (χ4v) is 2.20. The minimum atomic E-state index is -0.0857. The Labute approximate surface area is 131 Å². The lowest BCUT2D eigenvalue weighted by Gasteiger charge is -2.14. The Hall–Kier alpha value is -1.94. The number of benzene rings is 2. The summed E-state index contributed by atoms with van der Waals surface area (Å²) >= 11 is 4.11. The van der Waals surface area contributed by atoms with Gasteiger partial charge in [-0.1, -0.05) is 24.3 Å². The summed E-state index contributed by atoms with van der Waals surface area (Å²) in [6, 6.07) is 13.6. The van der Waals surface area contributed by atoms with E-state index < -0.39 is 0 Å². The first-order chi connectivity index (χ1) is 10.1. The zero-order valence-electron chi connectivity index (χ0n) is 12.3. The summed E-state index contributed by atoms with van der Waals surface area (Å²) < 4.78 is 0. The Balaban J connectivity index is 2.28. The van der Waals surface area contributed by atoms with E-state index in [0.717, 1.165) is 11.4 Å². The van der Waals surface area contributed by atoms with Crippen molar-refractivity contribution >= 4 is 29.9 Å². The zero-order chi connectivity index (χ0) is 15.2. The number of rotatable bonds is 5. The molecule has 3 nitrogen and oxygen atoms in total. The summed E-state index contributed by atoms with van der Waals surface area (Å²) in [6.45, 7) is 4.70. The molecule has 0 saturated carbocycles. The van der Waals surface area contributed by atoms with E-state index in [4.69, 9.17) is 0 Å². The lowest BCUT2D eigenvalue weighted by molar-refractivity contribution is 0.0957. The third-order valence-corrected chi connectivity index (χ3v) is 3.67. The maximum atomic E-state index is 12.2.